The largest absolute Gasteiger partial charge is 0.0868 e. The predicted molar refractivity (Wildman–Crippen MR) is 148 cm³/mol. The maximum absolute atomic E-state index is 7.13. The van der Waals surface area contributed by atoms with Crippen LogP contribution >= 0.6 is 69.6 Å². The number of hydrogen-bond acceptors (Lipinski definition) is 0. The van der Waals surface area contributed by atoms with Gasteiger partial charge in [0, 0.05) is 42.0 Å². The van der Waals surface area contributed by atoms with Gasteiger partial charge in [0.15, 0.2) is 0 Å². The molecule has 34 heavy (non-hydrogen) atoms. The van der Waals surface area contributed by atoms with Gasteiger partial charge in [0.25, 0.3) is 0 Å². The van der Waals surface area contributed by atoms with Crippen LogP contribution in [0.25, 0.3) is 0 Å². The quantitative estimate of drug-likeness (QED) is 0.218. The van der Waals surface area contributed by atoms with Crippen molar-refractivity contribution < 1.29 is 0 Å². The van der Waals surface area contributed by atoms with Crippen LogP contribution in [0, 0.1) is 0 Å². The van der Waals surface area contributed by atoms with Crippen LogP contribution in [0.1, 0.15) is 34.1 Å². The van der Waals surface area contributed by atoms with E-state index in [1.54, 1.807) is 0 Å². The zero-order valence-corrected chi connectivity index (χ0v) is 22.2. The molecule has 0 saturated carbocycles. The third-order valence-electron chi connectivity index (χ3n) is 5.55. The van der Waals surface area contributed by atoms with E-state index in [1.165, 1.54) is 0 Å². The summed E-state index contributed by atoms with van der Waals surface area (Å²) in [6, 6.07) is 30.3. The summed E-state index contributed by atoms with van der Waals surface area (Å²) in [5, 5.41) is 3.58. The van der Waals surface area contributed by atoms with E-state index in [2.05, 4.69) is 0 Å². The van der Waals surface area contributed by atoms with E-state index in [0.29, 0.717) is 30.2 Å². The van der Waals surface area contributed by atoms with Crippen LogP contribution in [0.15, 0.2) is 107 Å². The van der Waals surface area contributed by atoms with Gasteiger partial charge in [-0.05, 0) is 70.8 Å². The first kappa shape index (κ1) is 25.5. The third-order valence-corrected chi connectivity index (χ3v) is 7.50. The van der Waals surface area contributed by atoms with E-state index < -0.39 is 0 Å². The van der Waals surface area contributed by atoms with Gasteiger partial charge in [-0.15, -0.1) is 0 Å². The first-order valence-corrected chi connectivity index (χ1v) is 12.7. The summed E-state index contributed by atoms with van der Waals surface area (Å²) in [6.07, 6.45) is 0. The van der Waals surface area contributed by atoms with Crippen LogP contribution in [0.3, 0.4) is 0 Å². The van der Waals surface area contributed by atoms with Crippen LogP contribution in [0.2, 0.25) is 20.1 Å². The van der Waals surface area contributed by atoms with Crippen molar-refractivity contribution in [1.29, 1.82) is 0 Å². The number of rotatable bonds is 6. The number of benzene rings is 4. The lowest BCUT2D eigenvalue weighted by Gasteiger charge is -2.24. The average Bonchev–Trinajstić information content (AvgIpc) is 2.84. The van der Waals surface area contributed by atoms with E-state index >= 15 is 0 Å². The molecule has 0 aromatic heterocycles. The second-order valence-electron chi connectivity index (χ2n) is 7.77. The van der Waals surface area contributed by atoms with E-state index in [0.717, 1.165) is 22.3 Å². The Kier molecular flexibility index (Phi) is 8.53. The zero-order valence-electron chi connectivity index (χ0n) is 17.7. The van der Waals surface area contributed by atoms with E-state index in [1.807, 2.05) is 97.1 Å². The molecule has 0 atom stereocenters. The molecule has 0 saturated heterocycles. The highest BCUT2D eigenvalue weighted by atomic mass is 35.5. The molecule has 0 nitrogen and oxygen atoms in total. The van der Waals surface area contributed by atoms with Crippen LogP contribution < -0.4 is 0 Å². The summed E-state index contributed by atoms with van der Waals surface area (Å²) in [6.45, 7) is 0. The van der Waals surface area contributed by atoms with Gasteiger partial charge < -0.3 is 0 Å². The Hall–Kier alpha value is -1.64. The molecule has 0 radical (unpaired) electrons. The summed E-state index contributed by atoms with van der Waals surface area (Å²) >= 11 is 38.9. The summed E-state index contributed by atoms with van der Waals surface area (Å²) in [5.41, 5.74) is 3.84. The molecule has 0 heterocycles. The molecule has 0 aliphatic carbocycles. The summed E-state index contributed by atoms with van der Waals surface area (Å²) in [5.74, 6) is -0.628. The fourth-order valence-electron chi connectivity index (χ4n) is 3.87. The van der Waals surface area contributed by atoms with Gasteiger partial charge in [-0.1, -0.05) is 118 Å². The predicted octanol–water partition coefficient (Wildman–Crippen LogP) is 11.0. The number of halogens is 6. The fraction of sp³-hybridized carbons (Fsp3) is 0.0714. The van der Waals surface area contributed by atoms with Crippen molar-refractivity contribution in [2.24, 2.45) is 0 Å². The van der Waals surface area contributed by atoms with Gasteiger partial charge in [0.1, 0.15) is 0 Å². The van der Waals surface area contributed by atoms with Crippen LogP contribution in [0.4, 0.5) is 0 Å². The van der Waals surface area contributed by atoms with E-state index in [4.69, 9.17) is 69.6 Å². The smallest absolute Gasteiger partial charge is 0.0459 e. The molecule has 4 aromatic rings. The minimum atomic E-state index is -0.314. The third kappa shape index (κ3) is 5.94. The highest BCUT2D eigenvalue weighted by molar-refractivity contribution is 6.40. The Balaban J connectivity index is 1.90. The van der Waals surface area contributed by atoms with Crippen LogP contribution in [0.5, 0.6) is 0 Å². The molecule has 4 aromatic carbocycles. The van der Waals surface area contributed by atoms with Crippen LogP contribution in [-0.2, 0) is 0 Å². The summed E-state index contributed by atoms with van der Waals surface area (Å²) < 4.78 is 0. The molecule has 0 amide bonds. The van der Waals surface area contributed by atoms with Crippen molar-refractivity contribution in [1.82, 2.24) is 0 Å². The lowest BCUT2D eigenvalue weighted by atomic mass is 9.86. The van der Waals surface area contributed by atoms with Crippen molar-refractivity contribution >= 4 is 69.6 Å². The molecule has 4 rings (SSSR count). The van der Waals surface area contributed by atoms with Gasteiger partial charge in [0.05, 0.1) is 0 Å². The van der Waals surface area contributed by atoms with E-state index in [-0.39, 0.29) is 11.8 Å². The zero-order chi connectivity index (χ0) is 24.2. The molecule has 6 heteroatoms. The monoisotopic (exact) mass is 564 g/mol. The summed E-state index contributed by atoms with van der Waals surface area (Å²) in [4.78, 5) is 0. The van der Waals surface area contributed by atoms with Gasteiger partial charge >= 0.3 is 0 Å². The Morgan fingerprint density at radius 1 is 0.353 bits per heavy atom. The average molecular weight is 567 g/mol. The lowest BCUT2D eigenvalue weighted by Crippen LogP contribution is -2.08. The molecule has 0 fully saturated rings. The Labute approximate surface area is 229 Å². The van der Waals surface area contributed by atoms with Crippen molar-refractivity contribution in [2.45, 2.75) is 11.8 Å². The molecule has 0 spiro atoms. The molecule has 0 aliphatic heterocycles. The minimum Gasteiger partial charge on any atom is -0.0868 e. The molecule has 172 valence electrons. The number of hydrogen-bond donors (Lipinski definition) is 0. The highest BCUT2D eigenvalue weighted by Crippen LogP contribution is 2.44. The first-order chi connectivity index (χ1) is 16.3. The van der Waals surface area contributed by atoms with Gasteiger partial charge in [-0.25, -0.2) is 0 Å². The normalized spacial score (nSPS) is 12.2. The van der Waals surface area contributed by atoms with Crippen molar-refractivity contribution in [3.05, 3.63) is 149 Å². The Bertz CT molecular complexity index is 1080. The Morgan fingerprint density at radius 2 is 0.529 bits per heavy atom. The van der Waals surface area contributed by atoms with Crippen molar-refractivity contribution in [3.8, 4) is 0 Å². The lowest BCUT2D eigenvalue weighted by molar-refractivity contribution is 0.940. The minimum absolute atomic E-state index is 0.314. The highest BCUT2D eigenvalue weighted by Gasteiger charge is 2.27. The van der Waals surface area contributed by atoms with Crippen molar-refractivity contribution in [3.63, 3.8) is 0 Å². The molecule has 0 N–H and O–H groups in total. The summed E-state index contributed by atoms with van der Waals surface area (Å²) in [7, 11) is 0. The maximum atomic E-state index is 7.13. The second-order valence-corrected chi connectivity index (χ2v) is 10.3. The van der Waals surface area contributed by atoms with Crippen LogP contribution in [-0.4, -0.2) is 0 Å². The molecular weight excluding hydrogens is 549 g/mol. The fourth-order valence-corrected chi connectivity index (χ4v) is 5.09. The number of allylic oxidation sites excluding steroid dienone is 2. The maximum Gasteiger partial charge on any atom is 0.0459 e. The molecule has 0 aliphatic rings. The molecule has 0 bridgehead atoms. The second kappa shape index (κ2) is 11.4. The molecular formula is C28H18Cl6. The first-order valence-electron chi connectivity index (χ1n) is 10.4. The van der Waals surface area contributed by atoms with Gasteiger partial charge in [-0.2, -0.15) is 0 Å². The molecule has 0 unspecified atom stereocenters. The Morgan fingerprint density at radius 3 is 0.706 bits per heavy atom. The van der Waals surface area contributed by atoms with Gasteiger partial charge in [0.2, 0.25) is 0 Å². The van der Waals surface area contributed by atoms with E-state index in [9.17, 15) is 0 Å². The van der Waals surface area contributed by atoms with Gasteiger partial charge in [-0.3, -0.25) is 0 Å². The van der Waals surface area contributed by atoms with Crippen molar-refractivity contribution in [2.75, 3.05) is 0 Å². The topological polar surface area (TPSA) is 0 Å². The standard InChI is InChI=1S/C28H18Cl6/c29-21-9-1-17(2-10-21)25(18-3-11-22(30)12-4-18)27(33)28(34)26(19-5-13-23(31)14-6-19)20-7-15-24(32)16-8-20/h1-16,25-26H/b28-27+. The SMILES string of the molecule is Cl/C(=C(/Cl)C(c1ccc(Cl)cc1)c1ccc(Cl)cc1)C(c1ccc(Cl)cc1)c1ccc(Cl)cc1.